The molecule has 0 atom stereocenters. The van der Waals surface area contributed by atoms with E-state index in [1.165, 1.54) is 0 Å². The van der Waals surface area contributed by atoms with E-state index in [0.717, 1.165) is 0 Å². The van der Waals surface area contributed by atoms with E-state index in [0.29, 0.717) is 19.3 Å². The number of hydrogen-bond acceptors (Lipinski definition) is 4. The number of hydrogen-bond donors (Lipinski definition) is 0. The average molecular weight is 228 g/mol. The van der Waals surface area contributed by atoms with Crippen LogP contribution in [0.4, 0.5) is 0 Å². The molecule has 4 nitrogen and oxygen atoms in total. The first-order valence-electron chi connectivity index (χ1n) is 5.80. The maximum Gasteiger partial charge on any atom is 0.458 e. The van der Waals surface area contributed by atoms with Crippen LogP contribution in [0.25, 0.3) is 0 Å². The Hall–Kier alpha value is -0.545. The molecule has 0 amide bonds. The van der Waals surface area contributed by atoms with Crippen molar-refractivity contribution in [1.82, 2.24) is 0 Å². The van der Waals surface area contributed by atoms with Gasteiger partial charge in [0.15, 0.2) is 0 Å². The summed E-state index contributed by atoms with van der Waals surface area (Å²) in [4.78, 5) is 11.2. The zero-order valence-electron chi connectivity index (χ0n) is 10.8. The largest absolute Gasteiger partial charge is 0.466 e. The summed E-state index contributed by atoms with van der Waals surface area (Å²) in [5.74, 6) is -0.197. The van der Waals surface area contributed by atoms with Crippen molar-refractivity contribution >= 4 is 13.1 Å². The van der Waals surface area contributed by atoms with Crippen molar-refractivity contribution in [2.24, 2.45) is 0 Å². The Balaban J connectivity index is 2.40. The topological polar surface area (TPSA) is 44.8 Å². The minimum absolute atomic E-state index is 0.197. The molecule has 1 saturated heterocycles. The van der Waals surface area contributed by atoms with Crippen LogP contribution in [0.1, 0.15) is 41.0 Å². The highest BCUT2D eigenvalue weighted by Gasteiger charge is 2.50. The average Bonchev–Trinajstić information content (AvgIpc) is 2.33. The number of carbonyl (C=O) groups is 1. The molecular weight excluding hydrogens is 207 g/mol. The Morgan fingerprint density at radius 3 is 2.12 bits per heavy atom. The Bertz CT molecular complexity index is 247. The van der Waals surface area contributed by atoms with Gasteiger partial charge in [0.1, 0.15) is 0 Å². The second-order valence-electron chi connectivity index (χ2n) is 5.03. The highest BCUT2D eigenvalue weighted by molar-refractivity contribution is 6.45. The van der Waals surface area contributed by atoms with E-state index in [4.69, 9.17) is 14.0 Å². The summed E-state index contributed by atoms with van der Waals surface area (Å²) in [6.07, 6.45) is 0.885. The SMILES string of the molecule is CCOC(=O)CCB1OC(C)(C)C(C)(C)O1. The van der Waals surface area contributed by atoms with Crippen LogP contribution >= 0.6 is 0 Å². The van der Waals surface area contributed by atoms with Crippen LogP contribution in [0.15, 0.2) is 0 Å². The summed E-state index contributed by atoms with van der Waals surface area (Å²) in [6, 6.07) is 0. The van der Waals surface area contributed by atoms with Crippen molar-refractivity contribution in [3.63, 3.8) is 0 Å². The molecule has 5 heteroatoms. The predicted octanol–water partition coefficient (Wildman–Crippen LogP) is 2.03. The van der Waals surface area contributed by atoms with Crippen molar-refractivity contribution in [3.8, 4) is 0 Å². The van der Waals surface area contributed by atoms with Gasteiger partial charge in [-0.1, -0.05) is 0 Å². The lowest BCUT2D eigenvalue weighted by Gasteiger charge is -2.32. The summed E-state index contributed by atoms with van der Waals surface area (Å²) < 4.78 is 16.4. The molecule has 0 N–H and O–H groups in total. The van der Waals surface area contributed by atoms with Crippen LogP contribution in [-0.2, 0) is 18.8 Å². The molecule has 0 aromatic carbocycles. The first-order chi connectivity index (χ1) is 7.28. The second kappa shape index (κ2) is 4.76. The molecule has 92 valence electrons. The van der Waals surface area contributed by atoms with Gasteiger partial charge in [0.05, 0.1) is 17.8 Å². The van der Waals surface area contributed by atoms with Crippen LogP contribution in [0.5, 0.6) is 0 Å². The summed E-state index contributed by atoms with van der Waals surface area (Å²) in [7, 11) is -0.311. The van der Waals surface area contributed by atoms with Gasteiger partial charge < -0.3 is 14.0 Å². The van der Waals surface area contributed by atoms with Gasteiger partial charge in [-0.2, -0.15) is 0 Å². The zero-order chi connectivity index (χ0) is 12.4. The molecule has 0 aromatic rings. The number of carbonyl (C=O) groups excluding carboxylic acids is 1. The van der Waals surface area contributed by atoms with E-state index in [1.807, 2.05) is 27.7 Å². The molecule has 1 aliphatic heterocycles. The molecule has 0 unspecified atom stereocenters. The van der Waals surface area contributed by atoms with Gasteiger partial charge in [-0.15, -0.1) is 0 Å². The molecule has 1 rings (SSSR count). The van der Waals surface area contributed by atoms with E-state index in [1.54, 1.807) is 6.92 Å². The molecule has 0 saturated carbocycles. The summed E-state index contributed by atoms with van der Waals surface area (Å²) in [6.45, 7) is 10.2. The molecule has 1 aliphatic rings. The fraction of sp³-hybridized carbons (Fsp3) is 0.909. The maximum atomic E-state index is 11.2. The summed E-state index contributed by atoms with van der Waals surface area (Å²) >= 11 is 0. The standard InChI is InChI=1S/C11H21BO4/c1-6-14-9(13)7-8-12-15-10(2,3)11(4,5)16-12/h6-8H2,1-5H3. The highest BCUT2D eigenvalue weighted by Crippen LogP contribution is 2.37. The van der Waals surface area contributed by atoms with E-state index >= 15 is 0 Å². The second-order valence-corrected chi connectivity index (χ2v) is 5.03. The fourth-order valence-corrected chi connectivity index (χ4v) is 1.55. The lowest BCUT2D eigenvalue weighted by Crippen LogP contribution is -2.41. The van der Waals surface area contributed by atoms with E-state index in [-0.39, 0.29) is 24.3 Å². The van der Waals surface area contributed by atoms with Crippen LogP contribution in [0, 0.1) is 0 Å². The Labute approximate surface area is 97.8 Å². The normalized spacial score (nSPS) is 22.2. The van der Waals surface area contributed by atoms with Gasteiger partial charge >= 0.3 is 13.1 Å². The van der Waals surface area contributed by atoms with Gasteiger partial charge in [0, 0.05) is 6.42 Å². The van der Waals surface area contributed by atoms with Crippen LogP contribution in [0.2, 0.25) is 6.32 Å². The van der Waals surface area contributed by atoms with Crippen molar-refractivity contribution in [2.45, 2.75) is 58.6 Å². The maximum absolute atomic E-state index is 11.2. The van der Waals surface area contributed by atoms with Crippen LogP contribution in [0.3, 0.4) is 0 Å². The van der Waals surface area contributed by atoms with Gasteiger partial charge in [-0.25, -0.2) is 0 Å². The third-order valence-corrected chi connectivity index (χ3v) is 3.19. The molecular formula is C11H21BO4. The first kappa shape index (κ1) is 13.5. The molecule has 1 fully saturated rings. The lowest BCUT2D eigenvalue weighted by atomic mass is 9.83. The van der Waals surface area contributed by atoms with Gasteiger partial charge in [0.25, 0.3) is 0 Å². The molecule has 0 spiro atoms. The Morgan fingerprint density at radius 1 is 1.19 bits per heavy atom. The summed E-state index contributed by atoms with van der Waals surface area (Å²) in [5, 5.41) is 0. The summed E-state index contributed by atoms with van der Waals surface area (Å²) in [5.41, 5.74) is -0.654. The number of esters is 1. The Morgan fingerprint density at radius 2 is 1.69 bits per heavy atom. The quantitative estimate of drug-likeness (QED) is 0.545. The molecule has 0 aromatic heterocycles. The van der Waals surface area contributed by atoms with Gasteiger partial charge in [0.2, 0.25) is 0 Å². The highest BCUT2D eigenvalue weighted by atomic mass is 16.7. The van der Waals surface area contributed by atoms with Crippen LogP contribution < -0.4 is 0 Å². The van der Waals surface area contributed by atoms with Crippen LogP contribution in [-0.4, -0.2) is 30.9 Å². The molecule has 0 radical (unpaired) electrons. The van der Waals surface area contributed by atoms with Gasteiger partial charge in [-0.05, 0) is 40.9 Å². The fourth-order valence-electron chi connectivity index (χ4n) is 1.55. The smallest absolute Gasteiger partial charge is 0.458 e. The zero-order valence-corrected chi connectivity index (χ0v) is 10.8. The molecule has 0 bridgehead atoms. The molecule has 0 aliphatic carbocycles. The van der Waals surface area contributed by atoms with Crippen molar-refractivity contribution in [3.05, 3.63) is 0 Å². The first-order valence-corrected chi connectivity index (χ1v) is 5.80. The minimum Gasteiger partial charge on any atom is -0.466 e. The van der Waals surface area contributed by atoms with Crippen molar-refractivity contribution < 1.29 is 18.8 Å². The monoisotopic (exact) mass is 228 g/mol. The van der Waals surface area contributed by atoms with E-state index < -0.39 is 0 Å². The number of rotatable bonds is 4. The Kier molecular flexibility index (Phi) is 4.02. The van der Waals surface area contributed by atoms with Crippen molar-refractivity contribution in [1.29, 1.82) is 0 Å². The number of ether oxygens (including phenoxy) is 1. The molecule has 16 heavy (non-hydrogen) atoms. The van der Waals surface area contributed by atoms with Crippen molar-refractivity contribution in [2.75, 3.05) is 6.61 Å². The predicted molar refractivity (Wildman–Crippen MR) is 62.1 cm³/mol. The van der Waals surface area contributed by atoms with E-state index in [9.17, 15) is 4.79 Å². The lowest BCUT2D eigenvalue weighted by molar-refractivity contribution is -0.142. The molecule has 1 heterocycles. The van der Waals surface area contributed by atoms with E-state index in [2.05, 4.69) is 0 Å². The van der Waals surface area contributed by atoms with Gasteiger partial charge in [-0.3, -0.25) is 4.79 Å². The third-order valence-electron chi connectivity index (χ3n) is 3.19. The minimum atomic E-state index is -0.327. The third kappa shape index (κ3) is 2.98.